The molecule has 1 N–H and O–H groups in total. The van der Waals surface area contributed by atoms with Crippen LogP contribution in [0.4, 0.5) is 5.69 Å². The van der Waals surface area contributed by atoms with Gasteiger partial charge in [0.25, 0.3) is 5.91 Å². The Hall–Kier alpha value is -1.45. The molecule has 0 unspecified atom stereocenters. The number of benzene rings is 2. The number of nitrogens with zero attached hydrogens (tertiary/aromatic N) is 1. The SMILES string of the molecule is Cc1cc(I)ccc1NC(=O)c1ccc(S(=O)(=O)N2CCC(C)CC2)cc1. The Balaban J connectivity index is 1.73. The first kappa shape index (κ1) is 20.3. The van der Waals surface area contributed by atoms with Crippen LogP contribution >= 0.6 is 22.6 Å². The van der Waals surface area contributed by atoms with Gasteiger partial charge in [-0.05, 0) is 96.3 Å². The van der Waals surface area contributed by atoms with E-state index in [1.807, 2.05) is 25.1 Å². The van der Waals surface area contributed by atoms with Crippen LogP contribution in [0, 0.1) is 16.4 Å². The van der Waals surface area contributed by atoms with Crippen LogP contribution in [0.25, 0.3) is 0 Å². The summed E-state index contributed by atoms with van der Waals surface area (Å²) >= 11 is 2.22. The predicted molar refractivity (Wildman–Crippen MR) is 115 cm³/mol. The van der Waals surface area contributed by atoms with E-state index in [0.29, 0.717) is 24.6 Å². The number of hydrogen-bond acceptors (Lipinski definition) is 3. The highest BCUT2D eigenvalue weighted by Crippen LogP contribution is 2.24. The monoisotopic (exact) mass is 498 g/mol. The molecule has 1 heterocycles. The highest BCUT2D eigenvalue weighted by atomic mass is 127. The molecule has 0 saturated carbocycles. The topological polar surface area (TPSA) is 66.5 Å². The number of carbonyl (C=O) groups is 1. The van der Waals surface area contributed by atoms with Gasteiger partial charge in [-0.15, -0.1) is 0 Å². The number of halogens is 1. The summed E-state index contributed by atoms with van der Waals surface area (Å²) in [6, 6.07) is 12.0. The molecule has 1 saturated heterocycles. The Labute approximate surface area is 174 Å². The fraction of sp³-hybridized carbons (Fsp3) is 0.350. The average Bonchev–Trinajstić information content (AvgIpc) is 2.64. The second-order valence-electron chi connectivity index (χ2n) is 7.02. The van der Waals surface area contributed by atoms with Crippen molar-refractivity contribution in [3.05, 3.63) is 57.2 Å². The van der Waals surface area contributed by atoms with Crippen molar-refractivity contribution in [2.24, 2.45) is 5.92 Å². The van der Waals surface area contributed by atoms with E-state index in [0.717, 1.165) is 27.7 Å². The first-order chi connectivity index (χ1) is 12.8. The third-order valence-electron chi connectivity index (χ3n) is 4.93. The summed E-state index contributed by atoms with van der Waals surface area (Å²) in [6.07, 6.45) is 1.77. The van der Waals surface area contributed by atoms with Gasteiger partial charge >= 0.3 is 0 Å². The van der Waals surface area contributed by atoms with E-state index in [1.165, 1.54) is 16.4 Å². The van der Waals surface area contributed by atoms with Gasteiger partial charge in [0.15, 0.2) is 0 Å². The number of piperidine rings is 1. The number of amides is 1. The number of sulfonamides is 1. The largest absolute Gasteiger partial charge is 0.322 e. The maximum absolute atomic E-state index is 12.8. The summed E-state index contributed by atoms with van der Waals surface area (Å²) in [6.45, 7) is 5.19. The van der Waals surface area contributed by atoms with Crippen LogP contribution < -0.4 is 5.32 Å². The van der Waals surface area contributed by atoms with Gasteiger partial charge in [0, 0.05) is 27.9 Å². The smallest absolute Gasteiger partial charge is 0.255 e. The minimum atomic E-state index is -3.50. The molecule has 0 aromatic heterocycles. The van der Waals surface area contributed by atoms with E-state index in [1.54, 1.807) is 12.1 Å². The lowest BCUT2D eigenvalue weighted by atomic mass is 10.0. The lowest BCUT2D eigenvalue weighted by molar-refractivity contribution is 0.102. The zero-order valence-corrected chi connectivity index (χ0v) is 18.4. The van der Waals surface area contributed by atoms with Crippen molar-refractivity contribution in [1.82, 2.24) is 4.31 Å². The van der Waals surface area contributed by atoms with Gasteiger partial charge in [0.2, 0.25) is 10.0 Å². The second kappa shape index (κ2) is 8.28. The van der Waals surface area contributed by atoms with Gasteiger partial charge in [0.1, 0.15) is 0 Å². The fourth-order valence-electron chi connectivity index (χ4n) is 3.11. The van der Waals surface area contributed by atoms with Crippen LogP contribution in [0.15, 0.2) is 47.4 Å². The molecular formula is C20H23IN2O3S. The molecule has 1 aliphatic rings. The number of carbonyl (C=O) groups excluding carboxylic acids is 1. The summed E-state index contributed by atoms with van der Waals surface area (Å²) in [7, 11) is -3.50. The van der Waals surface area contributed by atoms with Gasteiger partial charge in [-0.1, -0.05) is 6.92 Å². The normalized spacial score (nSPS) is 16.3. The molecule has 7 heteroatoms. The average molecular weight is 498 g/mol. The summed E-state index contributed by atoms with van der Waals surface area (Å²) in [5, 5.41) is 2.88. The number of nitrogens with one attached hydrogen (secondary N) is 1. The van der Waals surface area contributed by atoms with Crippen molar-refractivity contribution in [1.29, 1.82) is 0 Å². The van der Waals surface area contributed by atoms with Crippen molar-refractivity contribution in [2.45, 2.75) is 31.6 Å². The zero-order chi connectivity index (χ0) is 19.6. The van der Waals surface area contributed by atoms with Crippen molar-refractivity contribution in [2.75, 3.05) is 18.4 Å². The summed E-state index contributed by atoms with van der Waals surface area (Å²) in [5.41, 5.74) is 2.16. The molecule has 2 aromatic rings. The maximum atomic E-state index is 12.8. The number of anilines is 1. The standard InChI is InChI=1S/C20H23IN2O3S/c1-14-9-11-23(12-10-14)27(25,26)18-6-3-16(4-7-18)20(24)22-19-8-5-17(21)13-15(19)2/h3-8,13-14H,9-12H2,1-2H3,(H,22,24). The minimum absolute atomic E-state index is 0.235. The molecular weight excluding hydrogens is 475 g/mol. The Morgan fingerprint density at radius 2 is 1.74 bits per heavy atom. The minimum Gasteiger partial charge on any atom is -0.322 e. The van der Waals surface area contributed by atoms with E-state index in [2.05, 4.69) is 34.8 Å². The van der Waals surface area contributed by atoms with Gasteiger partial charge in [-0.3, -0.25) is 4.79 Å². The molecule has 5 nitrogen and oxygen atoms in total. The van der Waals surface area contributed by atoms with Crippen molar-refractivity contribution < 1.29 is 13.2 Å². The summed E-state index contributed by atoms with van der Waals surface area (Å²) in [4.78, 5) is 12.7. The van der Waals surface area contributed by atoms with E-state index in [9.17, 15) is 13.2 Å². The van der Waals surface area contributed by atoms with Gasteiger partial charge in [-0.25, -0.2) is 8.42 Å². The van der Waals surface area contributed by atoms with Crippen LogP contribution in [-0.4, -0.2) is 31.7 Å². The fourth-order valence-corrected chi connectivity index (χ4v) is 5.23. The highest BCUT2D eigenvalue weighted by molar-refractivity contribution is 14.1. The van der Waals surface area contributed by atoms with E-state index >= 15 is 0 Å². The molecule has 0 atom stereocenters. The quantitative estimate of drug-likeness (QED) is 0.641. The van der Waals surface area contributed by atoms with Crippen LogP contribution in [-0.2, 0) is 10.0 Å². The van der Waals surface area contributed by atoms with Crippen LogP contribution in [0.2, 0.25) is 0 Å². The zero-order valence-electron chi connectivity index (χ0n) is 15.4. The van der Waals surface area contributed by atoms with Crippen molar-refractivity contribution in [3.63, 3.8) is 0 Å². The molecule has 0 spiro atoms. The predicted octanol–water partition coefficient (Wildman–Crippen LogP) is 4.27. The van der Waals surface area contributed by atoms with Gasteiger partial charge in [0.05, 0.1) is 4.90 Å². The number of aryl methyl sites for hydroxylation is 1. The Kier molecular flexibility index (Phi) is 6.22. The molecule has 3 rings (SSSR count). The van der Waals surface area contributed by atoms with Crippen LogP contribution in [0.1, 0.15) is 35.7 Å². The molecule has 1 fully saturated rings. The Morgan fingerprint density at radius 1 is 1.11 bits per heavy atom. The van der Waals surface area contributed by atoms with Gasteiger partial charge in [-0.2, -0.15) is 4.31 Å². The van der Waals surface area contributed by atoms with Crippen LogP contribution in [0.3, 0.4) is 0 Å². The molecule has 2 aromatic carbocycles. The lowest BCUT2D eigenvalue weighted by Gasteiger charge is -2.29. The second-order valence-corrected chi connectivity index (χ2v) is 10.2. The maximum Gasteiger partial charge on any atom is 0.255 e. The Morgan fingerprint density at radius 3 is 2.33 bits per heavy atom. The molecule has 0 bridgehead atoms. The first-order valence-corrected chi connectivity index (χ1v) is 11.5. The van der Waals surface area contributed by atoms with Crippen molar-refractivity contribution in [3.8, 4) is 0 Å². The number of rotatable bonds is 4. The molecule has 0 radical (unpaired) electrons. The molecule has 1 aliphatic heterocycles. The Bertz CT molecular complexity index is 934. The molecule has 0 aliphatic carbocycles. The van der Waals surface area contributed by atoms with Crippen molar-refractivity contribution >= 4 is 44.2 Å². The summed E-state index contributed by atoms with van der Waals surface area (Å²) < 4.78 is 28.2. The molecule has 1 amide bonds. The lowest BCUT2D eigenvalue weighted by Crippen LogP contribution is -2.37. The van der Waals surface area contributed by atoms with Crippen LogP contribution in [0.5, 0.6) is 0 Å². The van der Waals surface area contributed by atoms with E-state index in [-0.39, 0.29) is 10.8 Å². The third kappa shape index (κ3) is 4.70. The highest BCUT2D eigenvalue weighted by Gasteiger charge is 2.28. The third-order valence-corrected chi connectivity index (χ3v) is 7.52. The summed E-state index contributed by atoms with van der Waals surface area (Å²) in [5.74, 6) is 0.308. The molecule has 144 valence electrons. The van der Waals surface area contributed by atoms with Gasteiger partial charge < -0.3 is 5.32 Å². The molecule has 27 heavy (non-hydrogen) atoms. The van der Waals surface area contributed by atoms with E-state index in [4.69, 9.17) is 0 Å². The number of hydrogen-bond donors (Lipinski definition) is 1. The first-order valence-electron chi connectivity index (χ1n) is 8.95. The van der Waals surface area contributed by atoms with E-state index < -0.39 is 10.0 Å².